The molecule has 5 rings (SSSR count). The van der Waals surface area contributed by atoms with Crippen LogP contribution in [0.5, 0.6) is 0 Å². The first-order valence-corrected chi connectivity index (χ1v) is 11.7. The zero-order chi connectivity index (χ0) is 23.8. The number of fused-ring (bicyclic) bond motifs is 2. The van der Waals surface area contributed by atoms with Crippen molar-refractivity contribution < 1.29 is 9.21 Å². The molecular weight excluding hydrogens is 424 g/mol. The third kappa shape index (κ3) is 3.94. The Morgan fingerprint density at radius 3 is 2.47 bits per heavy atom. The molecule has 34 heavy (non-hydrogen) atoms. The molecule has 1 aliphatic carbocycles. The van der Waals surface area contributed by atoms with E-state index in [1.54, 1.807) is 0 Å². The Morgan fingerprint density at radius 2 is 1.74 bits per heavy atom. The minimum absolute atomic E-state index is 0.0778. The van der Waals surface area contributed by atoms with Crippen LogP contribution in [-0.2, 0) is 0 Å². The molecule has 6 nitrogen and oxygen atoms in total. The van der Waals surface area contributed by atoms with Gasteiger partial charge in [0.05, 0.1) is 6.07 Å². The van der Waals surface area contributed by atoms with Crippen LogP contribution >= 0.6 is 0 Å². The maximum atomic E-state index is 13.6. The van der Waals surface area contributed by atoms with Gasteiger partial charge in [-0.2, -0.15) is 0 Å². The first-order chi connectivity index (χ1) is 16.4. The van der Waals surface area contributed by atoms with E-state index in [4.69, 9.17) is 4.42 Å². The Kier molecular flexibility index (Phi) is 5.84. The number of carbonyl (C=O) groups excluding carboxylic acids is 1. The first kappa shape index (κ1) is 22.2. The van der Waals surface area contributed by atoms with Crippen LogP contribution in [0.25, 0.3) is 33.4 Å². The van der Waals surface area contributed by atoms with Crippen LogP contribution < -0.4 is 20.1 Å². The molecule has 1 N–H and O–H groups in total. The fraction of sp³-hybridized carbons (Fsp3) is 0.286. The summed E-state index contributed by atoms with van der Waals surface area (Å²) in [7, 11) is 8.09. The number of rotatable bonds is 3. The van der Waals surface area contributed by atoms with Crippen LogP contribution in [0.15, 0.2) is 65.1 Å². The average Bonchev–Trinajstić information content (AvgIpc) is 2.86. The number of benzene rings is 3. The van der Waals surface area contributed by atoms with Gasteiger partial charge in [0, 0.05) is 80.2 Å². The van der Waals surface area contributed by atoms with Crippen molar-refractivity contribution >= 4 is 22.6 Å². The second-order valence-electron chi connectivity index (χ2n) is 9.21. The van der Waals surface area contributed by atoms with Gasteiger partial charge in [-0.15, -0.1) is 0 Å². The zero-order valence-corrected chi connectivity index (χ0v) is 20.3. The quantitative estimate of drug-likeness (QED) is 0.380. The summed E-state index contributed by atoms with van der Waals surface area (Å²) in [5.74, 6) is 0.878. The van der Waals surface area contributed by atoms with E-state index < -0.39 is 0 Å². The molecule has 2 aromatic rings. The molecule has 1 fully saturated rings. The summed E-state index contributed by atoms with van der Waals surface area (Å²) < 4.78 is 8.52. The van der Waals surface area contributed by atoms with Crippen molar-refractivity contribution in [2.24, 2.45) is 0 Å². The van der Waals surface area contributed by atoms with Crippen molar-refractivity contribution in [3.63, 3.8) is 0 Å². The van der Waals surface area contributed by atoms with Crippen LogP contribution in [0.1, 0.15) is 10.4 Å². The molecule has 0 aromatic heterocycles. The van der Waals surface area contributed by atoms with Crippen LogP contribution in [0, 0.1) is 0 Å². The highest BCUT2D eigenvalue weighted by Gasteiger charge is 2.25. The number of carbonyl (C=O) groups is 1. The van der Waals surface area contributed by atoms with Gasteiger partial charge in [0.1, 0.15) is 25.4 Å². The predicted molar refractivity (Wildman–Crippen MR) is 138 cm³/mol. The largest absolute Gasteiger partial charge is 0.456 e. The third-order valence-corrected chi connectivity index (χ3v) is 6.55. The van der Waals surface area contributed by atoms with Gasteiger partial charge < -0.3 is 19.5 Å². The van der Waals surface area contributed by atoms with Crippen LogP contribution in [0.4, 0.5) is 5.69 Å². The highest BCUT2D eigenvalue weighted by atomic mass is 16.3. The van der Waals surface area contributed by atoms with Gasteiger partial charge in [-0.1, -0.05) is 18.2 Å². The third-order valence-electron chi connectivity index (χ3n) is 6.55. The van der Waals surface area contributed by atoms with Gasteiger partial charge in [-0.25, -0.2) is 4.58 Å². The highest BCUT2D eigenvalue weighted by Crippen LogP contribution is 2.42. The van der Waals surface area contributed by atoms with Crippen molar-refractivity contribution in [3.05, 3.63) is 71.6 Å². The molecule has 6 heteroatoms. The number of amides is 1. The van der Waals surface area contributed by atoms with Crippen molar-refractivity contribution in [2.75, 3.05) is 59.3 Å². The normalized spacial score (nSPS) is 13.9. The summed E-state index contributed by atoms with van der Waals surface area (Å²) in [5.41, 5.74) is 5.56. The van der Waals surface area contributed by atoms with Crippen LogP contribution in [0.3, 0.4) is 0 Å². The van der Waals surface area contributed by atoms with E-state index in [0.717, 1.165) is 76.2 Å². The fourth-order valence-corrected chi connectivity index (χ4v) is 4.64. The maximum absolute atomic E-state index is 13.6. The molecular formula is C28H31N4O2+. The lowest BCUT2D eigenvalue weighted by molar-refractivity contribution is 0.0736. The summed E-state index contributed by atoms with van der Waals surface area (Å²) >= 11 is 0. The molecule has 0 unspecified atom stereocenters. The first-order valence-electron chi connectivity index (χ1n) is 11.7. The Labute approximate surface area is 200 Å². The highest BCUT2D eigenvalue weighted by molar-refractivity contribution is 6.09. The monoisotopic (exact) mass is 455 g/mol. The smallest absolute Gasteiger partial charge is 0.254 e. The second-order valence-corrected chi connectivity index (χ2v) is 9.21. The SMILES string of the molecule is CN(C)c1ccc2c(-c3ccccc3C(=O)N3CCNCC3)c3ccc(=[N+](C)C)cc-3oc2c1. The Bertz CT molecular complexity index is 1410. The van der Waals surface area contributed by atoms with Crippen molar-refractivity contribution in [1.29, 1.82) is 0 Å². The van der Waals surface area contributed by atoms with Crippen LogP contribution in [0.2, 0.25) is 0 Å². The minimum atomic E-state index is 0.0778. The topological polar surface area (TPSA) is 51.7 Å². The van der Waals surface area contributed by atoms with E-state index in [1.807, 2.05) is 51.3 Å². The molecule has 0 radical (unpaired) electrons. The van der Waals surface area contributed by atoms with Gasteiger partial charge in [-0.05, 0) is 29.8 Å². The van der Waals surface area contributed by atoms with Gasteiger partial charge in [0.2, 0.25) is 5.36 Å². The van der Waals surface area contributed by atoms with E-state index in [-0.39, 0.29) is 5.91 Å². The Hall–Kier alpha value is -3.64. The Balaban J connectivity index is 1.81. The summed E-state index contributed by atoms with van der Waals surface area (Å²) in [4.78, 5) is 17.6. The zero-order valence-electron chi connectivity index (χ0n) is 20.3. The number of anilines is 1. The molecule has 1 saturated heterocycles. The van der Waals surface area contributed by atoms with Gasteiger partial charge >= 0.3 is 0 Å². The van der Waals surface area contributed by atoms with Crippen molar-refractivity contribution in [2.45, 2.75) is 0 Å². The lowest BCUT2D eigenvalue weighted by Crippen LogP contribution is -2.46. The molecule has 0 bridgehead atoms. The molecule has 2 aromatic carbocycles. The lowest BCUT2D eigenvalue weighted by Gasteiger charge is -2.28. The molecule has 2 heterocycles. The van der Waals surface area contributed by atoms with Crippen molar-refractivity contribution in [3.8, 4) is 22.5 Å². The number of nitrogens with one attached hydrogen (secondary N) is 1. The molecule has 0 spiro atoms. The molecule has 0 atom stereocenters. The number of nitrogens with zero attached hydrogens (tertiary/aromatic N) is 3. The van der Waals surface area contributed by atoms with Gasteiger partial charge in [0.25, 0.3) is 5.91 Å². The predicted octanol–water partition coefficient (Wildman–Crippen LogP) is 3.35. The lowest BCUT2D eigenvalue weighted by atomic mass is 9.90. The molecule has 0 saturated carbocycles. The summed E-state index contributed by atoms with van der Waals surface area (Å²) in [5, 5.41) is 5.39. The van der Waals surface area contributed by atoms with E-state index in [1.165, 1.54) is 0 Å². The average molecular weight is 456 g/mol. The fourth-order valence-electron chi connectivity index (χ4n) is 4.64. The second kappa shape index (κ2) is 8.95. The number of hydrogen-bond donors (Lipinski definition) is 1. The minimum Gasteiger partial charge on any atom is -0.456 e. The van der Waals surface area contributed by atoms with E-state index in [2.05, 4.69) is 57.3 Å². The molecule has 3 aliphatic rings. The maximum Gasteiger partial charge on any atom is 0.254 e. The Morgan fingerprint density at radius 1 is 0.971 bits per heavy atom. The molecule has 2 aliphatic heterocycles. The van der Waals surface area contributed by atoms with Crippen LogP contribution in [-0.4, -0.2) is 65.2 Å². The number of piperazine rings is 1. The molecule has 174 valence electrons. The number of hydrogen-bond acceptors (Lipinski definition) is 4. The van der Waals surface area contributed by atoms with E-state index in [9.17, 15) is 4.79 Å². The summed E-state index contributed by atoms with van der Waals surface area (Å²) in [6, 6.07) is 20.5. The summed E-state index contributed by atoms with van der Waals surface area (Å²) in [6.07, 6.45) is 0. The summed E-state index contributed by atoms with van der Waals surface area (Å²) in [6.45, 7) is 3.09. The molecule has 1 amide bonds. The van der Waals surface area contributed by atoms with Gasteiger partial charge in [0.15, 0.2) is 0 Å². The van der Waals surface area contributed by atoms with Gasteiger partial charge in [-0.3, -0.25) is 4.79 Å². The standard InChI is InChI=1S/C28H31N4O2/c1-30(2)19-9-11-23-25(17-19)34-26-18-20(31(3)4)10-12-24(26)27(23)21-7-5-6-8-22(21)28(33)32-15-13-29-14-16-32/h5-12,17-18,29H,13-16H2,1-4H3/q+1. The van der Waals surface area contributed by atoms with Crippen molar-refractivity contribution in [1.82, 2.24) is 14.8 Å². The van der Waals surface area contributed by atoms with E-state index >= 15 is 0 Å². The van der Waals surface area contributed by atoms with E-state index in [0.29, 0.717) is 0 Å².